The molecule has 0 bridgehead atoms. The summed E-state index contributed by atoms with van der Waals surface area (Å²) in [6, 6.07) is 10.2. The number of benzene rings is 1. The third kappa shape index (κ3) is 3.30. The van der Waals surface area contributed by atoms with E-state index in [1.54, 1.807) is 13.2 Å². The summed E-state index contributed by atoms with van der Waals surface area (Å²) < 4.78 is 5.15. The molecule has 7 heteroatoms. The van der Waals surface area contributed by atoms with E-state index in [2.05, 4.69) is 10.3 Å². The molecule has 1 aromatic carbocycles. The van der Waals surface area contributed by atoms with Crippen molar-refractivity contribution in [1.29, 1.82) is 5.26 Å². The first-order chi connectivity index (χ1) is 10.5. The van der Waals surface area contributed by atoms with Gasteiger partial charge in [0.25, 0.3) is 0 Å². The Kier molecular flexibility index (Phi) is 4.53. The molecule has 2 rings (SSSR count). The van der Waals surface area contributed by atoms with E-state index in [0.29, 0.717) is 12.4 Å². The van der Waals surface area contributed by atoms with Crippen LogP contribution >= 0.6 is 0 Å². The van der Waals surface area contributed by atoms with E-state index >= 15 is 0 Å². The lowest BCUT2D eigenvalue weighted by molar-refractivity contribution is -0.385. The summed E-state index contributed by atoms with van der Waals surface area (Å²) in [5, 5.41) is 22.7. The summed E-state index contributed by atoms with van der Waals surface area (Å²) in [5.74, 6) is 1.19. The van der Waals surface area contributed by atoms with Crippen LogP contribution in [0.15, 0.2) is 30.3 Å². The average Bonchev–Trinajstić information content (AvgIpc) is 2.53. The van der Waals surface area contributed by atoms with E-state index in [1.165, 1.54) is 12.1 Å². The van der Waals surface area contributed by atoms with E-state index in [9.17, 15) is 10.1 Å². The number of anilines is 1. The molecule has 0 saturated heterocycles. The normalized spacial score (nSPS) is 9.86. The van der Waals surface area contributed by atoms with Gasteiger partial charge in [0, 0.05) is 12.6 Å². The van der Waals surface area contributed by atoms with Crippen LogP contribution < -0.4 is 10.1 Å². The lowest BCUT2D eigenvalue weighted by Gasteiger charge is -2.10. The highest BCUT2D eigenvalue weighted by Gasteiger charge is 2.15. The summed E-state index contributed by atoms with van der Waals surface area (Å²) in [7, 11) is 1.61. The second-order valence-electron chi connectivity index (χ2n) is 4.58. The largest absolute Gasteiger partial charge is 0.497 e. The summed E-state index contributed by atoms with van der Waals surface area (Å²) in [5.41, 5.74) is 1.59. The summed E-state index contributed by atoms with van der Waals surface area (Å²) in [6.07, 6.45) is 0. The van der Waals surface area contributed by atoms with Crippen molar-refractivity contribution in [1.82, 2.24) is 4.98 Å². The maximum atomic E-state index is 10.8. The van der Waals surface area contributed by atoms with Crippen LogP contribution in [-0.4, -0.2) is 17.0 Å². The Balaban J connectivity index is 2.15. The quantitative estimate of drug-likeness (QED) is 0.672. The highest BCUT2D eigenvalue weighted by Crippen LogP contribution is 2.20. The molecule has 112 valence electrons. The van der Waals surface area contributed by atoms with Crippen molar-refractivity contribution in [3.8, 4) is 11.8 Å². The SMILES string of the molecule is COc1ccc(CNc2ccc([N+](=O)[O-])c(C#N)n2)c(C)c1. The van der Waals surface area contributed by atoms with Crippen molar-refractivity contribution < 1.29 is 9.66 Å². The Bertz CT molecular complexity index is 753. The Morgan fingerprint density at radius 1 is 1.41 bits per heavy atom. The number of nitro groups is 1. The van der Waals surface area contributed by atoms with Crippen LogP contribution in [0.3, 0.4) is 0 Å². The molecule has 1 N–H and O–H groups in total. The van der Waals surface area contributed by atoms with Crippen LogP contribution in [0.4, 0.5) is 11.5 Å². The molecule has 0 saturated carbocycles. The van der Waals surface area contributed by atoms with E-state index in [-0.39, 0.29) is 11.4 Å². The molecule has 7 nitrogen and oxygen atoms in total. The molecule has 0 atom stereocenters. The zero-order valence-corrected chi connectivity index (χ0v) is 12.2. The van der Waals surface area contributed by atoms with Gasteiger partial charge in [0.2, 0.25) is 5.69 Å². The minimum Gasteiger partial charge on any atom is -0.497 e. The van der Waals surface area contributed by atoms with Crippen LogP contribution in [0.25, 0.3) is 0 Å². The topological polar surface area (TPSA) is 101 Å². The van der Waals surface area contributed by atoms with Crippen LogP contribution in [0, 0.1) is 28.4 Å². The number of hydrogen-bond donors (Lipinski definition) is 1. The molecule has 0 amide bonds. The predicted molar refractivity (Wildman–Crippen MR) is 80.7 cm³/mol. The van der Waals surface area contributed by atoms with Gasteiger partial charge >= 0.3 is 5.69 Å². The number of ether oxygens (including phenoxy) is 1. The smallest absolute Gasteiger partial charge is 0.305 e. The van der Waals surface area contributed by atoms with Gasteiger partial charge in [0.15, 0.2) is 0 Å². The van der Waals surface area contributed by atoms with Crippen molar-refractivity contribution >= 4 is 11.5 Å². The number of aromatic nitrogens is 1. The van der Waals surface area contributed by atoms with Gasteiger partial charge in [-0.1, -0.05) is 6.07 Å². The zero-order chi connectivity index (χ0) is 16.1. The van der Waals surface area contributed by atoms with Gasteiger partial charge < -0.3 is 10.1 Å². The summed E-state index contributed by atoms with van der Waals surface area (Å²) in [6.45, 7) is 2.45. The Morgan fingerprint density at radius 2 is 2.18 bits per heavy atom. The van der Waals surface area contributed by atoms with Gasteiger partial charge in [-0.2, -0.15) is 5.26 Å². The van der Waals surface area contributed by atoms with Crippen LogP contribution in [0.5, 0.6) is 5.75 Å². The van der Waals surface area contributed by atoms with Crippen molar-refractivity contribution in [2.24, 2.45) is 0 Å². The maximum Gasteiger partial charge on any atom is 0.305 e. The fourth-order valence-electron chi connectivity index (χ4n) is 1.96. The lowest BCUT2D eigenvalue weighted by atomic mass is 10.1. The number of methoxy groups -OCH3 is 1. The molecular weight excluding hydrogens is 284 g/mol. The number of nitrogens with one attached hydrogen (secondary N) is 1. The first-order valence-electron chi connectivity index (χ1n) is 6.48. The van der Waals surface area contributed by atoms with Crippen LogP contribution in [0.1, 0.15) is 16.8 Å². The van der Waals surface area contributed by atoms with Crippen LogP contribution in [0.2, 0.25) is 0 Å². The van der Waals surface area contributed by atoms with Gasteiger partial charge in [-0.05, 0) is 36.2 Å². The molecule has 0 unspecified atom stereocenters. The van der Waals surface area contributed by atoms with Gasteiger partial charge in [-0.25, -0.2) is 4.98 Å². The molecule has 0 fully saturated rings. The molecule has 0 aliphatic heterocycles. The standard InChI is InChI=1S/C15H14N4O3/c1-10-7-12(22-2)4-3-11(10)9-17-15-6-5-14(19(20)21)13(8-16)18-15/h3-7H,9H2,1-2H3,(H,17,18). The molecule has 0 radical (unpaired) electrons. The monoisotopic (exact) mass is 298 g/mol. The van der Waals surface area contributed by atoms with E-state index < -0.39 is 4.92 Å². The Labute approximate surface area is 127 Å². The molecule has 0 aliphatic rings. The van der Waals surface area contributed by atoms with Gasteiger partial charge in [0.05, 0.1) is 12.0 Å². The van der Waals surface area contributed by atoms with E-state index in [4.69, 9.17) is 10.00 Å². The third-order valence-corrected chi connectivity index (χ3v) is 3.19. The molecule has 0 aliphatic carbocycles. The van der Waals surface area contributed by atoms with Gasteiger partial charge in [-0.15, -0.1) is 0 Å². The molecule has 1 aromatic heterocycles. The van der Waals surface area contributed by atoms with E-state index in [0.717, 1.165) is 16.9 Å². The van der Waals surface area contributed by atoms with Crippen molar-refractivity contribution in [2.75, 3.05) is 12.4 Å². The number of hydrogen-bond acceptors (Lipinski definition) is 6. The molecule has 22 heavy (non-hydrogen) atoms. The number of aryl methyl sites for hydroxylation is 1. The highest BCUT2D eigenvalue weighted by molar-refractivity contribution is 5.50. The fraction of sp³-hybridized carbons (Fsp3) is 0.200. The van der Waals surface area contributed by atoms with Crippen molar-refractivity contribution in [3.05, 3.63) is 57.3 Å². The second-order valence-corrected chi connectivity index (χ2v) is 4.58. The summed E-state index contributed by atoms with van der Waals surface area (Å²) in [4.78, 5) is 14.1. The predicted octanol–water partition coefficient (Wildman–Crippen LogP) is 2.79. The Hall–Kier alpha value is -3.14. The molecule has 1 heterocycles. The number of rotatable bonds is 5. The van der Waals surface area contributed by atoms with E-state index in [1.807, 2.05) is 25.1 Å². The van der Waals surface area contributed by atoms with Gasteiger partial charge in [0.1, 0.15) is 17.6 Å². The van der Waals surface area contributed by atoms with Crippen LogP contribution in [-0.2, 0) is 6.54 Å². The molecular formula is C15H14N4O3. The fourth-order valence-corrected chi connectivity index (χ4v) is 1.96. The number of pyridine rings is 1. The third-order valence-electron chi connectivity index (χ3n) is 3.19. The minimum atomic E-state index is -0.622. The second kappa shape index (κ2) is 6.54. The van der Waals surface area contributed by atoms with Crippen molar-refractivity contribution in [2.45, 2.75) is 13.5 Å². The highest BCUT2D eigenvalue weighted by atomic mass is 16.6. The number of nitrogens with zero attached hydrogens (tertiary/aromatic N) is 3. The van der Waals surface area contributed by atoms with Gasteiger partial charge in [-0.3, -0.25) is 10.1 Å². The molecule has 0 spiro atoms. The number of nitriles is 1. The first kappa shape index (κ1) is 15.3. The summed E-state index contributed by atoms with van der Waals surface area (Å²) >= 11 is 0. The zero-order valence-electron chi connectivity index (χ0n) is 12.2. The minimum absolute atomic E-state index is 0.207. The Morgan fingerprint density at radius 3 is 2.77 bits per heavy atom. The average molecular weight is 298 g/mol. The first-order valence-corrected chi connectivity index (χ1v) is 6.48. The maximum absolute atomic E-state index is 10.8. The lowest BCUT2D eigenvalue weighted by Crippen LogP contribution is -2.05. The van der Waals surface area contributed by atoms with Crippen molar-refractivity contribution in [3.63, 3.8) is 0 Å². The molecule has 2 aromatic rings.